The van der Waals surface area contributed by atoms with Gasteiger partial charge in [0.25, 0.3) is 5.91 Å². The van der Waals surface area contributed by atoms with Gasteiger partial charge in [0.15, 0.2) is 10.9 Å². The fourth-order valence-electron chi connectivity index (χ4n) is 4.03. The van der Waals surface area contributed by atoms with Gasteiger partial charge in [0, 0.05) is 16.7 Å². The first-order valence-corrected chi connectivity index (χ1v) is 12.3. The van der Waals surface area contributed by atoms with Crippen molar-refractivity contribution in [1.29, 1.82) is 0 Å². The molecule has 0 aliphatic rings. The average Bonchev–Trinajstić information content (AvgIpc) is 3.36. The Balaban J connectivity index is 1.50. The Kier molecular flexibility index (Phi) is 6.25. The predicted molar refractivity (Wildman–Crippen MR) is 142 cm³/mol. The van der Waals surface area contributed by atoms with E-state index in [2.05, 4.69) is 19.1 Å². The van der Waals surface area contributed by atoms with Crippen LogP contribution in [0.4, 0.5) is 5.13 Å². The minimum Gasteiger partial charge on any atom is -0.289 e. The highest BCUT2D eigenvalue weighted by molar-refractivity contribution is 7.22. The second kappa shape index (κ2) is 9.65. The number of aryl methyl sites for hydroxylation is 2. The number of hydrogen-bond acceptors (Lipinski definition) is 4. The lowest BCUT2D eigenvalue weighted by Crippen LogP contribution is -2.30. The minimum atomic E-state index is -0.151. The molecule has 1 aromatic heterocycles. The third kappa shape index (κ3) is 4.63. The summed E-state index contributed by atoms with van der Waals surface area (Å²) in [4.78, 5) is 33.1. The van der Waals surface area contributed by atoms with Crippen LogP contribution in [0, 0.1) is 13.8 Å². The lowest BCUT2D eigenvalue weighted by molar-refractivity contribution is 0.0982. The molecule has 0 fully saturated rings. The first-order valence-electron chi connectivity index (χ1n) is 11.4. The predicted octanol–water partition coefficient (Wildman–Crippen LogP) is 6.99. The van der Waals surface area contributed by atoms with E-state index in [4.69, 9.17) is 4.98 Å². The molecule has 0 N–H and O–H groups in total. The van der Waals surface area contributed by atoms with Gasteiger partial charge in [-0.15, -0.1) is 0 Å². The van der Waals surface area contributed by atoms with E-state index in [1.54, 1.807) is 41.3 Å². The van der Waals surface area contributed by atoms with Gasteiger partial charge >= 0.3 is 0 Å². The average molecular weight is 477 g/mol. The molecule has 0 bridgehead atoms. The number of carbonyl (C=O) groups excluding carboxylic acids is 2. The SMILES string of the molecule is Cc1ccc(C)c2sc(N(Cc3ccccc3)C(=O)c3ccc(C(=O)c4ccccc4)cc3)nc12. The molecule has 1 heterocycles. The zero-order valence-electron chi connectivity index (χ0n) is 19.6. The molecule has 0 saturated heterocycles. The maximum Gasteiger partial charge on any atom is 0.260 e. The lowest BCUT2D eigenvalue weighted by Gasteiger charge is -2.20. The maximum absolute atomic E-state index is 13.8. The van der Waals surface area contributed by atoms with Crippen LogP contribution >= 0.6 is 11.3 Å². The molecular formula is C30H24N2O2S. The second-order valence-corrected chi connectivity index (χ2v) is 9.50. The van der Waals surface area contributed by atoms with Gasteiger partial charge in [0.05, 0.1) is 16.8 Å². The molecule has 0 atom stereocenters. The zero-order chi connectivity index (χ0) is 24.4. The van der Waals surface area contributed by atoms with E-state index < -0.39 is 0 Å². The van der Waals surface area contributed by atoms with Crippen LogP contribution in [0.25, 0.3) is 10.2 Å². The van der Waals surface area contributed by atoms with Crippen molar-refractivity contribution in [1.82, 2.24) is 4.98 Å². The summed E-state index contributed by atoms with van der Waals surface area (Å²) >= 11 is 1.53. The van der Waals surface area contributed by atoms with Crippen molar-refractivity contribution in [2.75, 3.05) is 4.90 Å². The summed E-state index contributed by atoms with van der Waals surface area (Å²) in [7, 11) is 0. The number of amides is 1. The molecule has 172 valence electrons. The van der Waals surface area contributed by atoms with Crippen molar-refractivity contribution in [3.63, 3.8) is 0 Å². The van der Waals surface area contributed by atoms with E-state index in [1.807, 2.05) is 55.5 Å². The van der Waals surface area contributed by atoms with Crippen LogP contribution in [0.15, 0.2) is 97.1 Å². The number of rotatable bonds is 6. The number of ketones is 1. The van der Waals surface area contributed by atoms with Gasteiger partial charge in [-0.1, -0.05) is 96.3 Å². The molecule has 4 nitrogen and oxygen atoms in total. The monoisotopic (exact) mass is 476 g/mol. The van der Waals surface area contributed by atoms with Crippen LogP contribution < -0.4 is 4.90 Å². The number of thiazole rings is 1. The first-order chi connectivity index (χ1) is 17.0. The molecule has 4 aromatic carbocycles. The molecule has 5 aromatic rings. The molecule has 35 heavy (non-hydrogen) atoms. The zero-order valence-corrected chi connectivity index (χ0v) is 20.4. The van der Waals surface area contributed by atoms with Crippen LogP contribution in [-0.2, 0) is 6.54 Å². The Morgan fingerprint density at radius 1 is 0.714 bits per heavy atom. The van der Waals surface area contributed by atoms with Crippen molar-refractivity contribution in [2.24, 2.45) is 0 Å². The van der Waals surface area contributed by atoms with Crippen molar-refractivity contribution in [2.45, 2.75) is 20.4 Å². The Bertz CT molecular complexity index is 1470. The van der Waals surface area contributed by atoms with Gasteiger partial charge in [-0.05, 0) is 42.7 Å². The molecular weight excluding hydrogens is 452 g/mol. The fraction of sp³-hybridized carbons (Fsp3) is 0.100. The van der Waals surface area contributed by atoms with Gasteiger partial charge in [-0.2, -0.15) is 0 Å². The third-order valence-corrected chi connectivity index (χ3v) is 7.23. The largest absolute Gasteiger partial charge is 0.289 e. The summed E-state index contributed by atoms with van der Waals surface area (Å²) in [6, 6.07) is 30.1. The summed E-state index contributed by atoms with van der Waals surface area (Å²) in [5.74, 6) is -0.218. The van der Waals surface area contributed by atoms with Gasteiger partial charge in [-0.25, -0.2) is 4.98 Å². The van der Waals surface area contributed by atoms with E-state index in [0.717, 1.165) is 26.9 Å². The standard InChI is InChI=1S/C30H24N2O2S/c1-20-13-14-21(2)28-26(20)31-30(35-28)32(19-22-9-5-3-6-10-22)29(34)25-17-15-24(16-18-25)27(33)23-11-7-4-8-12-23/h3-18H,19H2,1-2H3. The van der Waals surface area contributed by atoms with E-state index in [9.17, 15) is 9.59 Å². The first kappa shape index (κ1) is 22.7. The molecule has 0 aliphatic heterocycles. The molecule has 1 amide bonds. The molecule has 0 aliphatic carbocycles. The van der Waals surface area contributed by atoms with Crippen molar-refractivity contribution < 1.29 is 9.59 Å². The Labute approximate surface area is 208 Å². The number of nitrogens with zero attached hydrogens (tertiary/aromatic N) is 2. The highest BCUT2D eigenvalue weighted by Crippen LogP contribution is 2.34. The molecule has 5 rings (SSSR count). The molecule has 5 heteroatoms. The highest BCUT2D eigenvalue weighted by atomic mass is 32.1. The molecule has 0 radical (unpaired) electrons. The number of fused-ring (bicyclic) bond motifs is 1. The van der Waals surface area contributed by atoms with Crippen LogP contribution in [0.1, 0.15) is 43.0 Å². The fourth-order valence-corrected chi connectivity index (χ4v) is 5.14. The van der Waals surface area contributed by atoms with Gasteiger partial charge in [-0.3, -0.25) is 14.5 Å². The topological polar surface area (TPSA) is 50.3 Å². The summed E-state index contributed by atoms with van der Waals surface area (Å²) in [6.45, 7) is 4.51. The number of anilines is 1. The minimum absolute atomic E-state index is 0.0668. The smallest absolute Gasteiger partial charge is 0.260 e. The quantitative estimate of drug-likeness (QED) is 0.248. The molecule has 0 unspecified atom stereocenters. The van der Waals surface area contributed by atoms with Gasteiger partial charge < -0.3 is 0 Å². The second-order valence-electron chi connectivity index (χ2n) is 8.52. The number of carbonyl (C=O) groups is 2. The number of hydrogen-bond donors (Lipinski definition) is 0. The Morgan fingerprint density at radius 2 is 1.29 bits per heavy atom. The lowest BCUT2D eigenvalue weighted by atomic mass is 10.0. The van der Waals surface area contributed by atoms with Crippen molar-refractivity contribution in [3.8, 4) is 0 Å². The van der Waals surface area contributed by atoms with Crippen LogP contribution in [0.5, 0.6) is 0 Å². The highest BCUT2D eigenvalue weighted by Gasteiger charge is 2.23. The number of aromatic nitrogens is 1. The summed E-state index contributed by atoms with van der Waals surface area (Å²) in [5, 5.41) is 0.663. The van der Waals surface area contributed by atoms with Crippen molar-refractivity contribution >= 4 is 38.4 Å². The van der Waals surface area contributed by atoms with E-state index in [0.29, 0.717) is 28.4 Å². The van der Waals surface area contributed by atoms with Crippen LogP contribution in [-0.4, -0.2) is 16.7 Å². The summed E-state index contributed by atoms with van der Waals surface area (Å²) < 4.78 is 1.09. The van der Waals surface area contributed by atoms with Crippen molar-refractivity contribution in [3.05, 3.63) is 130 Å². The van der Waals surface area contributed by atoms with Crippen LogP contribution in [0.3, 0.4) is 0 Å². The number of benzene rings is 4. The Hall–Kier alpha value is -4.09. The van der Waals surface area contributed by atoms with E-state index in [-0.39, 0.29) is 11.7 Å². The normalized spacial score (nSPS) is 10.9. The maximum atomic E-state index is 13.8. The van der Waals surface area contributed by atoms with Gasteiger partial charge in [0.2, 0.25) is 0 Å². The van der Waals surface area contributed by atoms with Gasteiger partial charge in [0.1, 0.15) is 0 Å². The summed E-state index contributed by atoms with van der Waals surface area (Å²) in [5.41, 5.74) is 5.86. The summed E-state index contributed by atoms with van der Waals surface area (Å²) in [6.07, 6.45) is 0. The van der Waals surface area contributed by atoms with Crippen LogP contribution in [0.2, 0.25) is 0 Å². The third-order valence-electron chi connectivity index (χ3n) is 6.02. The Morgan fingerprint density at radius 3 is 1.94 bits per heavy atom. The van der Waals surface area contributed by atoms with E-state index in [1.165, 1.54) is 11.3 Å². The molecule has 0 spiro atoms. The molecule has 0 saturated carbocycles. The van der Waals surface area contributed by atoms with E-state index >= 15 is 0 Å².